The van der Waals surface area contributed by atoms with Crippen LogP contribution in [0.3, 0.4) is 0 Å². The molecule has 1 aliphatic heterocycles. The molecule has 0 radical (unpaired) electrons. The molecule has 1 atom stereocenters. The lowest BCUT2D eigenvalue weighted by molar-refractivity contribution is 0.0693. The number of carboxylic acids is 1. The molecule has 6 heteroatoms. The van der Waals surface area contributed by atoms with Gasteiger partial charge in [-0.25, -0.2) is 9.78 Å². The number of nitrogens with one attached hydrogen (secondary N) is 1. The number of aromatic nitrogens is 2. The van der Waals surface area contributed by atoms with E-state index in [1.54, 1.807) is 22.6 Å². The molecule has 0 spiro atoms. The number of carboxylic acid groups (broad SMARTS) is 1. The van der Waals surface area contributed by atoms with Crippen molar-refractivity contribution in [1.29, 1.82) is 0 Å². The van der Waals surface area contributed by atoms with Crippen molar-refractivity contribution in [3.8, 4) is 0 Å². The van der Waals surface area contributed by atoms with Crippen LogP contribution in [-0.4, -0.2) is 33.6 Å². The van der Waals surface area contributed by atoms with Gasteiger partial charge < -0.3 is 10.4 Å². The SMILES string of the molecule is O=C(O)c1nc(C2CCCCNC2)n2c(Cl)cccc12. The van der Waals surface area contributed by atoms with Gasteiger partial charge in [-0.1, -0.05) is 24.1 Å². The quantitative estimate of drug-likeness (QED) is 0.835. The monoisotopic (exact) mass is 293 g/mol. The van der Waals surface area contributed by atoms with Gasteiger partial charge in [0.1, 0.15) is 11.0 Å². The van der Waals surface area contributed by atoms with Gasteiger partial charge in [-0.05, 0) is 31.5 Å². The summed E-state index contributed by atoms with van der Waals surface area (Å²) < 4.78 is 1.77. The number of halogens is 1. The number of carbonyl (C=O) groups is 1. The highest BCUT2D eigenvalue weighted by Gasteiger charge is 2.24. The van der Waals surface area contributed by atoms with Crippen LogP contribution in [0.4, 0.5) is 0 Å². The Labute approximate surface area is 121 Å². The van der Waals surface area contributed by atoms with E-state index in [2.05, 4.69) is 10.3 Å². The number of hydrogen-bond donors (Lipinski definition) is 2. The van der Waals surface area contributed by atoms with Crippen LogP contribution in [0.15, 0.2) is 18.2 Å². The summed E-state index contributed by atoms with van der Waals surface area (Å²) in [7, 11) is 0. The third kappa shape index (κ3) is 2.27. The predicted octanol–water partition coefficient (Wildman–Crippen LogP) is 2.54. The number of imidazole rings is 1. The number of hydrogen-bond acceptors (Lipinski definition) is 3. The summed E-state index contributed by atoms with van der Waals surface area (Å²) in [6.07, 6.45) is 3.25. The molecule has 1 aliphatic rings. The minimum atomic E-state index is -1.02. The Bertz CT molecular complexity index is 645. The van der Waals surface area contributed by atoms with Gasteiger partial charge in [0.2, 0.25) is 0 Å². The van der Waals surface area contributed by atoms with E-state index in [1.165, 1.54) is 0 Å². The van der Waals surface area contributed by atoms with E-state index in [0.29, 0.717) is 10.7 Å². The van der Waals surface area contributed by atoms with E-state index in [4.69, 9.17) is 11.6 Å². The highest BCUT2D eigenvalue weighted by atomic mass is 35.5. The molecule has 3 heterocycles. The molecule has 1 unspecified atom stereocenters. The van der Waals surface area contributed by atoms with Gasteiger partial charge in [0, 0.05) is 12.5 Å². The normalized spacial score (nSPS) is 19.9. The van der Waals surface area contributed by atoms with Crippen molar-refractivity contribution in [3.05, 3.63) is 34.9 Å². The molecule has 1 saturated heterocycles. The molecule has 2 aromatic rings. The van der Waals surface area contributed by atoms with Gasteiger partial charge in [0.15, 0.2) is 5.69 Å². The van der Waals surface area contributed by atoms with Crippen LogP contribution in [0.2, 0.25) is 5.15 Å². The van der Waals surface area contributed by atoms with Crippen molar-refractivity contribution in [2.45, 2.75) is 25.2 Å². The van der Waals surface area contributed by atoms with Crippen LogP contribution in [0.25, 0.3) is 5.52 Å². The third-order valence-corrected chi connectivity index (χ3v) is 4.05. The molecule has 5 nitrogen and oxygen atoms in total. The lowest BCUT2D eigenvalue weighted by Crippen LogP contribution is -2.21. The molecule has 0 amide bonds. The largest absolute Gasteiger partial charge is 0.476 e. The summed E-state index contributed by atoms with van der Waals surface area (Å²) in [5, 5.41) is 13.2. The van der Waals surface area contributed by atoms with Crippen LogP contribution >= 0.6 is 11.6 Å². The van der Waals surface area contributed by atoms with Gasteiger partial charge >= 0.3 is 5.97 Å². The molecule has 2 N–H and O–H groups in total. The van der Waals surface area contributed by atoms with Crippen molar-refractivity contribution in [1.82, 2.24) is 14.7 Å². The molecule has 0 aliphatic carbocycles. The second-order valence-corrected chi connectivity index (χ2v) is 5.48. The number of pyridine rings is 1. The zero-order valence-corrected chi connectivity index (χ0v) is 11.7. The third-order valence-electron chi connectivity index (χ3n) is 3.76. The molecular formula is C14H16ClN3O2. The van der Waals surface area contributed by atoms with Crippen molar-refractivity contribution in [3.63, 3.8) is 0 Å². The second-order valence-electron chi connectivity index (χ2n) is 5.09. The Kier molecular flexibility index (Phi) is 3.63. The summed E-state index contributed by atoms with van der Waals surface area (Å²) in [5.41, 5.74) is 0.635. The summed E-state index contributed by atoms with van der Waals surface area (Å²) in [4.78, 5) is 15.7. The average Bonchev–Trinajstić information content (AvgIpc) is 2.63. The molecular weight excluding hydrogens is 278 g/mol. The molecule has 0 aromatic carbocycles. The zero-order chi connectivity index (χ0) is 14.1. The Balaban J connectivity index is 2.16. The lowest BCUT2D eigenvalue weighted by atomic mass is 10.0. The fourth-order valence-corrected chi connectivity index (χ4v) is 3.04. The summed E-state index contributed by atoms with van der Waals surface area (Å²) in [6, 6.07) is 5.26. The molecule has 20 heavy (non-hydrogen) atoms. The molecule has 0 saturated carbocycles. The van der Waals surface area contributed by atoms with Crippen LogP contribution in [0.5, 0.6) is 0 Å². The maximum absolute atomic E-state index is 11.4. The van der Waals surface area contributed by atoms with Crippen molar-refractivity contribution in [2.24, 2.45) is 0 Å². The van der Waals surface area contributed by atoms with Crippen LogP contribution in [0, 0.1) is 0 Å². The standard InChI is InChI=1S/C14H16ClN3O2/c15-11-6-3-5-10-12(14(19)20)17-13(18(10)11)9-4-1-2-7-16-8-9/h3,5-6,9,16H,1-2,4,7-8H2,(H,19,20). The first-order chi connectivity index (χ1) is 9.68. The molecule has 2 aromatic heterocycles. The van der Waals surface area contributed by atoms with E-state index < -0.39 is 5.97 Å². The first-order valence-corrected chi connectivity index (χ1v) is 7.17. The van der Waals surface area contributed by atoms with Crippen molar-refractivity contribution < 1.29 is 9.90 Å². The summed E-state index contributed by atoms with van der Waals surface area (Å²) in [6.45, 7) is 1.81. The fraction of sp³-hybridized carbons (Fsp3) is 0.429. The molecule has 106 valence electrons. The highest BCUT2D eigenvalue weighted by Crippen LogP contribution is 2.28. The van der Waals surface area contributed by atoms with E-state index >= 15 is 0 Å². The highest BCUT2D eigenvalue weighted by molar-refractivity contribution is 6.30. The number of fused-ring (bicyclic) bond motifs is 1. The maximum atomic E-state index is 11.4. The van der Waals surface area contributed by atoms with Crippen LogP contribution in [-0.2, 0) is 0 Å². The van der Waals surface area contributed by atoms with Gasteiger partial charge in [0.25, 0.3) is 0 Å². The van der Waals surface area contributed by atoms with Crippen LogP contribution < -0.4 is 5.32 Å². The van der Waals surface area contributed by atoms with E-state index in [1.807, 2.05) is 0 Å². The molecule has 1 fully saturated rings. The first-order valence-electron chi connectivity index (χ1n) is 6.79. The number of nitrogens with zero attached hydrogens (tertiary/aromatic N) is 2. The minimum Gasteiger partial charge on any atom is -0.476 e. The summed E-state index contributed by atoms with van der Waals surface area (Å²) >= 11 is 6.25. The fourth-order valence-electron chi connectivity index (χ4n) is 2.79. The first kappa shape index (κ1) is 13.4. The maximum Gasteiger partial charge on any atom is 0.356 e. The van der Waals surface area contributed by atoms with Gasteiger partial charge in [-0.15, -0.1) is 0 Å². The van der Waals surface area contributed by atoms with Gasteiger partial charge in [-0.2, -0.15) is 0 Å². The minimum absolute atomic E-state index is 0.0757. The van der Waals surface area contributed by atoms with Crippen molar-refractivity contribution in [2.75, 3.05) is 13.1 Å². The van der Waals surface area contributed by atoms with E-state index in [0.717, 1.165) is 38.2 Å². The predicted molar refractivity (Wildman–Crippen MR) is 76.6 cm³/mol. The Morgan fingerprint density at radius 3 is 3.10 bits per heavy atom. The second kappa shape index (κ2) is 5.42. The Morgan fingerprint density at radius 1 is 1.45 bits per heavy atom. The topological polar surface area (TPSA) is 66.6 Å². The number of aromatic carboxylic acids is 1. The van der Waals surface area contributed by atoms with E-state index in [9.17, 15) is 9.90 Å². The average molecular weight is 294 g/mol. The lowest BCUT2D eigenvalue weighted by Gasteiger charge is -2.13. The van der Waals surface area contributed by atoms with E-state index in [-0.39, 0.29) is 11.6 Å². The van der Waals surface area contributed by atoms with Gasteiger partial charge in [-0.3, -0.25) is 4.40 Å². The summed E-state index contributed by atoms with van der Waals surface area (Å²) in [5.74, 6) is -0.0759. The smallest absolute Gasteiger partial charge is 0.356 e. The van der Waals surface area contributed by atoms with Crippen LogP contribution in [0.1, 0.15) is 41.5 Å². The molecule has 0 bridgehead atoms. The zero-order valence-electron chi connectivity index (χ0n) is 11.0. The Morgan fingerprint density at radius 2 is 2.30 bits per heavy atom. The Hall–Kier alpha value is -1.59. The number of rotatable bonds is 2. The van der Waals surface area contributed by atoms with Gasteiger partial charge in [0.05, 0.1) is 5.52 Å². The van der Waals surface area contributed by atoms with Crippen molar-refractivity contribution >= 4 is 23.1 Å². The molecule has 3 rings (SSSR count).